The number of hydrogen-bond donors (Lipinski definition) is 1. The van der Waals surface area contributed by atoms with Crippen molar-refractivity contribution in [2.45, 2.75) is 26.0 Å². The Hall–Kier alpha value is -0.580. The summed E-state index contributed by atoms with van der Waals surface area (Å²) in [5, 5.41) is 3.40. The van der Waals surface area contributed by atoms with Crippen LogP contribution in [0.25, 0.3) is 0 Å². The van der Waals surface area contributed by atoms with Crippen LogP contribution in [0.2, 0.25) is 0 Å². The van der Waals surface area contributed by atoms with E-state index < -0.39 is 0 Å². The summed E-state index contributed by atoms with van der Waals surface area (Å²) in [6.45, 7) is 6.60. The zero-order valence-electron chi connectivity index (χ0n) is 10.2. The van der Waals surface area contributed by atoms with Crippen LogP contribution in [0.15, 0.2) is 22.7 Å². The molecule has 1 aromatic carbocycles. The van der Waals surface area contributed by atoms with Gasteiger partial charge in [0.05, 0.1) is 13.2 Å². The molecule has 1 aliphatic rings. The lowest BCUT2D eigenvalue weighted by Crippen LogP contribution is -2.39. The monoisotopic (exact) mass is 299 g/mol. The minimum absolute atomic E-state index is 0.205. The number of hydrogen-bond acceptors (Lipinski definition) is 3. The van der Waals surface area contributed by atoms with Gasteiger partial charge in [0.2, 0.25) is 0 Å². The third-order valence-corrected chi connectivity index (χ3v) is 3.35. The highest BCUT2D eigenvalue weighted by Gasteiger charge is 2.22. The fourth-order valence-corrected chi connectivity index (χ4v) is 2.19. The van der Waals surface area contributed by atoms with Gasteiger partial charge >= 0.3 is 0 Å². The molecule has 1 aliphatic heterocycles. The molecule has 0 saturated carbocycles. The summed E-state index contributed by atoms with van der Waals surface area (Å²) in [7, 11) is 0. The van der Waals surface area contributed by atoms with Crippen molar-refractivity contribution in [2.75, 3.05) is 19.8 Å². The largest absolute Gasteiger partial charge is 0.485 e. The standard InChI is InChI=1S/C13H18BrNO2/c1-3-15-9(2)12-5-4-10(14)6-13(12)17-11-7-16-8-11/h4-6,9,11,15H,3,7-8H2,1-2H3. The molecular formula is C13H18BrNO2. The first-order valence-electron chi connectivity index (χ1n) is 5.98. The van der Waals surface area contributed by atoms with Crippen LogP contribution in [-0.2, 0) is 4.74 Å². The number of rotatable bonds is 5. The van der Waals surface area contributed by atoms with Gasteiger partial charge in [0, 0.05) is 16.1 Å². The van der Waals surface area contributed by atoms with Gasteiger partial charge in [0.15, 0.2) is 0 Å². The van der Waals surface area contributed by atoms with E-state index in [1.54, 1.807) is 0 Å². The molecule has 3 nitrogen and oxygen atoms in total. The molecule has 0 bridgehead atoms. The molecule has 4 heteroatoms. The van der Waals surface area contributed by atoms with E-state index in [0.29, 0.717) is 19.3 Å². The molecule has 0 aliphatic carbocycles. The van der Waals surface area contributed by atoms with Crippen LogP contribution in [0.5, 0.6) is 5.75 Å². The van der Waals surface area contributed by atoms with E-state index in [0.717, 1.165) is 16.8 Å². The molecule has 2 rings (SSSR count). The molecule has 0 spiro atoms. The lowest BCUT2D eigenvalue weighted by molar-refractivity contribution is -0.0801. The molecule has 94 valence electrons. The van der Waals surface area contributed by atoms with Crippen LogP contribution in [-0.4, -0.2) is 25.9 Å². The summed E-state index contributed by atoms with van der Waals surface area (Å²) in [5.41, 5.74) is 1.20. The normalized spacial score (nSPS) is 17.6. The lowest BCUT2D eigenvalue weighted by atomic mass is 10.1. The van der Waals surface area contributed by atoms with Gasteiger partial charge in [0.1, 0.15) is 11.9 Å². The lowest BCUT2D eigenvalue weighted by Gasteiger charge is -2.28. The van der Waals surface area contributed by atoms with Crippen molar-refractivity contribution >= 4 is 15.9 Å². The average Bonchev–Trinajstić information content (AvgIpc) is 2.24. The summed E-state index contributed by atoms with van der Waals surface area (Å²) in [6, 6.07) is 6.48. The van der Waals surface area contributed by atoms with E-state index in [9.17, 15) is 0 Å². The third-order valence-electron chi connectivity index (χ3n) is 2.85. The molecular weight excluding hydrogens is 282 g/mol. The second-order valence-electron chi connectivity index (χ2n) is 4.24. The minimum Gasteiger partial charge on any atom is -0.485 e. The fourth-order valence-electron chi connectivity index (χ4n) is 1.85. The second-order valence-corrected chi connectivity index (χ2v) is 5.15. The van der Waals surface area contributed by atoms with Crippen LogP contribution in [0.3, 0.4) is 0 Å². The molecule has 1 fully saturated rings. The second kappa shape index (κ2) is 5.85. The maximum Gasteiger partial charge on any atom is 0.145 e. The van der Waals surface area contributed by atoms with Gasteiger partial charge in [-0.3, -0.25) is 0 Å². The van der Waals surface area contributed by atoms with Gasteiger partial charge in [-0.1, -0.05) is 28.9 Å². The first kappa shape index (κ1) is 12.9. The van der Waals surface area contributed by atoms with Gasteiger partial charge < -0.3 is 14.8 Å². The van der Waals surface area contributed by atoms with Crippen LogP contribution >= 0.6 is 15.9 Å². The highest BCUT2D eigenvalue weighted by molar-refractivity contribution is 9.10. The number of benzene rings is 1. The van der Waals surface area contributed by atoms with Crippen LogP contribution in [0.4, 0.5) is 0 Å². The molecule has 0 aromatic heterocycles. The molecule has 17 heavy (non-hydrogen) atoms. The Morgan fingerprint density at radius 1 is 1.53 bits per heavy atom. The van der Waals surface area contributed by atoms with E-state index in [1.165, 1.54) is 5.56 Å². The first-order chi connectivity index (χ1) is 8.20. The van der Waals surface area contributed by atoms with Crippen molar-refractivity contribution in [3.05, 3.63) is 28.2 Å². The van der Waals surface area contributed by atoms with Crippen molar-refractivity contribution in [3.63, 3.8) is 0 Å². The fraction of sp³-hybridized carbons (Fsp3) is 0.538. The van der Waals surface area contributed by atoms with Crippen molar-refractivity contribution in [1.29, 1.82) is 0 Å². The maximum atomic E-state index is 5.93. The smallest absolute Gasteiger partial charge is 0.145 e. The highest BCUT2D eigenvalue weighted by Crippen LogP contribution is 2.30. The van der Waals surface area contributed by atoms with Crippen molar-refractivity contribution in [1.82, 2.24) is 5.32 Å². The summed E-state index contributed by atoms with van der Waals surface area (Å²) >= 11 is 3.48. The Kier molecular flexibility index (Phi) is 4.42. The molecule has 1 saturated heterocycles. The van der Waals surface area contributed by atoms with E-state index >= 15 is 0 Å². The molecule has 0 radical (unpaired) electrons. The first-order valence-corrected chi connectivity index (χ1v) is 6.77. The Labute approximate surface area is 111 Å². The molecule has 1 unspecified atom stereocenters. The predicted octanol–water partition coefficient (Wildman–Crippen LogP) is 2.90. The van der Waals surface area contributed by atoms with Gasteiger partial charge in [-0.25, -0.2) is 0 Å². The zero-order chi connectivity index (χ0) is 12.3. The Balaban J connectivity index is 2.16. The van der Waals surface area contributed by atoms with Gasteiger partial charge in [-0.05, 0) is 25.6 Å². The molecule has 0 amide bonds. The molecule has 1 aromatic rings. The van der Waals surface area contributed by atoms with E-state index in [2.05, 4.69) is 41.2 Å². The topological polar surface area (TPSA) is 30.5 Å². The number of nitrogens with one attached hydrogen (secondary N) is 1. The van der Waals surface area contributed by atoms with Gasteiger partial charge in [-0.2, -0.15) is 0 Å². The SMILES string of the molecule is CCNC(C)c1ccc(Br)cc1OC1COC1. The Bertz CT molecular complexity index is 380. The van der Waals surface area contributed by atoms with Gasteiger partial charge in [-0.15, -0.1) is 0 Å². The quantitative estimate of drug-likeness (QED) is 0.907. The van der Waals surface area contributed by atoms with Crippen molar-refractivity contribution in [2.24, 2.45) is 0 Å². The summed E-state index contributed by atoms with van der Waals surface area (Å²) in [4.78, 5) is 0. The Morgan fingerprint density at radius 2 is 2.29 bits per heavy atom. The van der Waals surface area contributed by atoms with Gasteiger partial charge in [0.25, 0.3) is 0 Å². The number of halogens is 1. The van der Waals surface area contributed by atoms with E-state index in [1.807, 2.05) is 12.1 Å². The summed E-state index contributed by atoms with van der Waals surface area (Å²) in [6.07, 6.45) is 0.205. The number of ether oxygens (including phenoxy) is 2. The minimum atomic E-state index is 0.205. The van der Waals surface area contributed by atoms with Crippen LogP contribution in [0, 0.1) is 0 Å². The molecule has 1 N–H and O–H groups in total. The van der Waals surface area contributed by atoms with Crippen LogP contribution in [0.1, 0.15) is 25.5 Å². The predicted molar refractivity (Wildman–Crippen MR) is 71.5 cm³/mol. The average molecular weight is 300 g/mol. The zero-order valence-corrected chi connectivity index (χ0v) is 11.8. The summed E-state index contributed by atoms with van der Waals surface area (Å²) < 4.78 is 12.1. The molecule has 1 heterocycles. The third kappa shape index (κ3) is 3.21. The van der Waals surface area contributed by atoms with E-state index in [-0.39, 0.29) is 6.10 Å². The Morgan fingerprint density at radius 3 is 2.88 bits per heavy atom. The summed E-state index contributed by atoms with van der Waals surface area (Å²) in [5.74, 6) is 0.945. The van der Waals surface area contributed by atoms with Crippen LogP contribution < -0.4 is 10.1 Å². The van der Waals surface area contributed by atoms with Crippen molar-refractivity contribution < 1.29 is 9.47 Å². The maximum absolute atomic E-state index is 5.93. The highest BCUT2D eigenvalue weighted by atomic mass is 79.9. The van der Waals surface area contributed by atoms with E-state index in [4.69, 9.17) is 9.47 Å². The van der Waals surface area contributed by atoms with Crippen molar-refractivity contribution in [3.8, 4) is 5.75 Å². The molecule has 1 atom stereocenters.